The first kappa shape index (κ1) is 12.5. The fraction of sp³-hybridized carbons (Fsp3) is 0.286. The van der Waals surface area contributed by atoms with Crippen LogP contribution in [-0.4, -0.2) is 23.1 Å². The Morgan fingerprint density at radius 2 is 2.20 bits per heavy atom. The van der Waals surface area contributed by atoms with Crippen molar-refractivity contribution < 1.29 is 4.74 Å². The molecule has 1 fully saturated rings. The van der Waals surface area contributed by atoms with E-state index in [9.17, 15) is 0 Å². The average Bonchev–Trinajstić information content (AvgIpc) is 3.27. The summed E-state index contributed by atoms with van der Waals surface area (Å²) in [6.07, 6.45) is 3.96. The van der Waals surface area contributed by atoms with Crippen molar-refractivity contribution in [1.82, 2.24) is 9.97 Å². The number of anilines is 4. The standard InChI is InChI=1S/C14H17N5O/c1-20-11-4-2-3-10(7-11)17-13-12(15)8-16-14(19-13)18-9-5-6-9/h2-4,7-9H,5-6,15H2,1H3,(H2,16,17,18,19). The van der Waals surface area contributed by atoms with Crippen molar-refractivity contribution in [3.05, 3.63) is 30.5 Å². The van der Waals surface area contributed by atoms with Gasteiger partial charge in [-0.2, -0.15) is 4.98 Å². The number of benzene rings is 1. The molecule has 1 aromatic carbocycles. The molecule has 1 aromatic heterocycles. The van der Waals surface area contributed by atoms with Crippen molar-refractivity contribution in [2.45, 2.75) is 18.9 Å². The van der Waals surface area contributed by atoms with E-state index in [0.717, 1.165) is 11.4 Å². The molecule has 104 valence electrons. The lowest BCUT2D eigenvalue weighted by Gasteiger charge is -2.11. The highest BCUT2D eigenvalue weighted by Gasteiger charge is 2.22. The van der Waals surface area contributed by atoms with E-state index in [1.165, 1.54) is 12.8 Å². The molecule has 0 bridgehead atoms. The number of ether oxygens (including phenoxy) is 1. The molecule has 1 saturated carbocycles. The van der Waals surface area contributed by atoms with Crippen molar-refractivity contribution in [2.75, 3.05) is 23.5 Å². The van der Waals surface area contributed by atoms with E-state index >= 15 is 0 Å². The Bertz CT molecular complexity index is 612. The van der Waals surface area contributed by atoms with Crippen molar-refractivity contribution >= 4 is 23.1 Å². The van der Waals surface area contributed by atoms with E-state index in [2.05, 4.69) is 20.6 Å². The number of nitrogens with zero attached hydrogens (tertiary/aromatic N) is 2. The van der Waals surface area contributed by atoms with Crippen LogP contribution in [0.15, 0.2) is 30.5 Å². The Labute approximate surface area is 117 Å². The monoisotopic (exact) mass is 271 g/mol. The summed E-state index contributed by atoms with van der Waals surface area (Å²) in [6, 6.07) is 8.10. The summed E-state index contributed by atoms with van der Waals surface area (Å²) in [7, 11) is 1.63. The molecule has 1 aliphatic rings. The molecular formula is C14H17N5O. The summed E-state index contributed by atoms with van der Waals surface area (Å²) in [5.74, 6) is 1.97. The Kier molecular flexibility index (Phi) is 3.28. The van der Waals surface area contributed by atoms with Gasteiger partial charge in [0.05, 0.1) is 19.0 Å². The van der Waals surface area contributed by atoms with Crippen LogP contribution in [0.3, 0.4) is 0 Å². The number of nitrogen functional groups attached to an aromatic ring is 1. The minimum Gasteiger partial charge on any atom is -0.497 e. The molecule has 0 saturated heterocycles. The van der Waals surface area contributed by atoms with Crippen molar-refractivity contribution in [2.24, 2.45) is 0 Å². The van der Waals surface area contributed by atoms with Crippen LogP contribution < -0.4 is 21.1 Å². The number of methoxy groups -OCH3 is 1. The fourth-order valence-electron chi connectivity index (χ4n) is 1.81. The SMILES string of the molecule is COc1cccc(Nc2nc(NC3CC3)ncc2N)c1. The second kappa shape index (κ2) is 5.24. The fourth-order valence-corrected chi connectivity index (χ4v) is 1.81. The maximum absolute atomic E-state index is 5.91. The lowest BCUT2D eigenvalue weighted by atomic mass is 10.3. The molecule has 0 unspecified atom stereocenters. The largest absolute Gasteiger partial charge is 0.497 e. The van der Waals surface area contributed by atoms with Crippen LogP contribution in [0.1, 0.15) is 12.8 Å². The topological polar surface area (TPSA) is 85.1 Å². The van der Waals surface area contributed by atoms with Crippen LogP contribution in [0, 0.1) is 0 Å². The molecule has 1 aliphatic carbocycles. The lowest BCUT2D eigenvalue weighted by Crippen LogP contribution is -2.08. The Morgan fingerprint density at radius 1 is 1.35 bits per heavy atom. The summed E-state index contributed by atoms with van der Waals surface area (Å²) in [4.78, 5) is 8.59. The zero-order valence-electron chi connectivity index (χ0n) is 11.3. The number of nitrogens with two attached hydrogens (primary N) is 1. The smallest absolute Gasteiger partial charge is 0.224 e. The second-order valence-electron chi connectivity index (χ2n) is 4.77. The van der Waals surface area contributed by atoms with Gasteiger partial charge in [0.25, 0.3) is 0 Å². The van der Waals surface area contributed by atoms with Crippen LogP contribution in [0.2, 0.25) is 0 Å². The lowest BCUT2D eigenvalue weighted by molar-refractivity contribution is 0.415. The zero-order valence-corrected chi connectivity index (χ0v) is 11.3. The third-order valence-electron chi connectivity index (χ3n) is 3.06. The molecular weight excluding hydrogens is 254 g/mol. The molecule has 2 aromatic rings. The van der Waals surface area contributed by atoms with Gasteiger partial charge in [0.1, 0.15) is 5.75 Å². The normalized spacial score (nSPS) is 13.8. The maximum atomic E-state index is 5.91. The summed E-state index contributed by atoms with van der Waals surface area (Å²) in [6.45, 7) is 0. The van der Waals surface area contributed by atoms with Gasteiger partial charge in [-0.05, 0) is 25.0 Å². The van der Waals surface area contributed by atoms with Crippen molar-refractivity contribution in [1.29, 1.82) is 0 Å². The van der Waals surface area contributed by atoms with Gasteiger partial charge in [-0.15, -0.1) is 0 Å². The van der Waals surface area contributed by atoms with Crippen LogP contribution in [0.25, 0.3) is 0 Å². The number of aromatic nitrogens is 2. The Hall–Kier alpha value is -2.50. The molecule has 0 radical (unpaired) electrons. The summed E-state index contributed by atoms with van der Waals surface area (Å²) in [5, 5.41) is 6.43. The highest BCUT2D eigenvalue weighted by atomic mass is 16.5. The predicted molar refractivity (Wildman–Crippen MR) is 79.4 cm³/mol. The molecule has 20 heavy (non-hydrogen) atoms. The molecule has 0 atom stereocenters. The van der Waals surface area contributed by atoms with E-state index in [1.807, 2.05) is 24.3 Å². The zero-order chi connectivity index (χ0) is 13.9. The highest BCUT2D eigenvalue weighted by molar-refractivity contribution is 5.69. The van der Waals surface area contributed by atoms with Gasteiger partial charge in [-0.25, -0.2) is 4.98 Å². The van der Waals surface area contributed by atoms with Crippen LogP contribution in [0.5, 0.6) is 5.75 Å². The Morgan fingerprint density at radius 3 is 2.95 bits per heavy atom. The Balaban J connectivity index is 1.80. The molecule has 0 amide bonds. The van der Waals surface area contributed by atoms with E-state index in [-0.39, 0.29) is 0 Å². The number of nitrogens with one attached hydrogen (secondary N) is 2. The number of hydrogen-bond acceptors (Lipinski definition) is 6. The summed E-state index contributed by atoms with van der Waals surface area (Å²) in [5.41, 5.74) is 7.28. The van der Waals surface area contributed by atoms with Crippen molar-refractivity contribution in [3.8, 4) is 5.75 Å². The summed E-state index contributed by atoms with van der Waals surface area (Å²) < 4.78 is 5.19. The third-order valence-corrected chi connectivity index (χ3v) is 3.06. The van der Waals surface area contributed by atoms with Gasteiger partial charge >= 0.3 is 0 Å². The number of hydrogen-bond donors (Lipinski definition) is 3. The van der Waals surface area contributed by atoms with Gasteiger partial charge in [0.2, 0.25) is 5.95 Å². The molecule has 4 N–H and O–H groups in total. The first-order chi connectivity index (χ1) is 9.74. The first-order valence-electron chi connectivity index (χ1n) is 6.55. The van der Waals surface area contributed by atoms with Gasteiger partial charge in [-0.3, -0.25) is 0 Å². The first-order valence-corrected chi connectivity index (χ1v) is 6.55. The van der Waals surface area contributed by atoms with Crippen molar-refractivity contribution in [3.63, 3.8) is 0 Å². The third kappa shape index (κ3) is 2.90. The predicted octanol–water partition coefficient (Wildman–Crippen LogP) is 2.39. The van der Waals surface area contributed by atoms with Crippen LogP contribution in [0.4, 0.5) is 23.1 Å². The molecule has 0 spiro atoms. The quantitative estimate of drug-likeness (QED) is 0.774. The highest BCUT2D eigenvalue weighted by Crippen LogP contribution is 2.26. The van der Waals surface area contributed by atoms with Gasteiger partial charge in [0.15, 0.2) is 5.82 Å². The van der Waals surface area contributed by atoms with E-state index in [1.54, 1.807) is 13.3 Å². The van der Waals surface area contributed by atoms with Gasteiger partial charge in [-0.1, -0.05) is 6.07 Å². The summed E-state index contributed by atoms with van der Waals surface area (Å²) >= 11 is 0. The van der Waals surface area contributed by atoms with Gasteiger partial charge in [0, 0.05) is 17.8 Å². The average molecular weight is 271 g/mol. The van der Waals surface area contributed by atoms with E-state index in [0.29, 0.717) is 23.5 Å². The van der Waals surface area contributed by atoms with E-state index in [4.69, 9.17) is 10.5 Å². The van der Waals surface area contributed by atoms with Crippen LogP contribution in [-0.2, 0) is 0 Å². The number of rotatable bonds is 5. The van der Waals surface area contributed by atoms with Gasteiger partial charge < -0.3 is 21.1 Å². The molecule has 0 aliphatic heterocycles. The van der Waals surface area contributed by atoms with Crippen LogP contribution >= 0.6 is 0 Å². The minimum atomic E-state index is 0.503. The second-order valence-corrected chi connectivity index (χ2v) is 4.77. The van der Waals surface area contributed by atoms with E-state index < -0.39 is 0 Å². The molecule has 1 heterocycles. The molecule has 6 nitrogen and oxygen atoms in total. The molecule has 3 rings (SSSR count). The maximum Gasteiger partial charge on any atom is 0.224 e. The molecule has 6 heteroatoms. The minimum absolute atomic E-state index is 0.503.